The van der Waals surface area contributed by atoms with Crippen molar-refractivity contribution in [3.8, 4) is 0 Å². The fraction of sp³-hybridized carbons (Fsp3) is 0.704. The summed E-state index contributed by atoms with van der Waals surface area (Å²) in [4.78, 5) is 26.2. The number of rotatable bonds is 10. The van der Waals surface area contributed by atoms with E-state index in [2.05, 4.69) is 31.0 Å². The molecule has 40 heavy (non-hydrogen) atoms. The zero-order valence-corrected chi connectivity index (χ0v) is 24.4. The minimum absolute atomic E-state index is 0.0373. The number of aliphatic carboxylic acids is 1. The van der Waals surface area contributed by atoms with Crippen molar-refractivity contribution in [2.45, 2.75) is 70.0 Å². The molecule has 2 heterocycles. The number of carboxylic acid groups (broad SMARTS) is 1. The molecule has 1 aromatic carbocycles. The molecular formula is C27H43F3N4O5S. The summed E-state index contributed by atoms with van der Waals surface area (Å²) in [6.45, 7) is 11.9. The van der Waals surface area contributed by atoms with Gasteiger partial charge in [0, 0.05) is 58.3 Å². The second-order valence-corrected chi connectivity index (χ2v) is 12.6. The number of benzene rings is 1. The molecule has 2 saturated heterocycles. The molecular weight excluding hydrogens is 549 g/mol. The lowest BCUT2D eigenvalue weighted by Crippen LogP contribution is -2.48. The van der Waals surface area contributed by atoms with Crippen molar-refractivity contribution < 1.29 is 36.3 Å². The molecule has 2 N–H and O–H groups in total. The first-order chi connectivity index (χ1) is 18.7. The van der Waals surface area contributed by atoms with Crippen LogP contribution < -0.4 is 5.32 Å². The molecule has 0 spiro atoms. The predicted molar refractivity (Wildman–Crippen MR) is 146 cm³/mol. The Labute approximate surface area is 235 Å². The Kier molecular flexibility index (Phi) is 13.3. The molecule has 0 radical (unpaired) electrons. The number of piperidine rings is 1. The SMILES string of the molecule is CC(C)Cc1ccc(S(=O)(=O)N(CCC(=O)N2CCNCC2)CCN2CCCCC2C)cc1.O=C(O)C(F)(F)F. The van der Waals surface area contributed by atoms with Crippen LogP contribution in [0.3, 0.4) is 0 Å². The van der Waals surface area contributed by atoms with Gasteiger partial charge in [-0.3, -0.25) is 9.69 Å². The zero-order valence-electron chi connectivity index (χ0n) is 23.6. The number of carboxylic acids is 1. The van der Waals surface area contributed by atoms with Crippen LogP contribution in [0, 0.1) is 5.92 Å². The first-order valence-corrected chi connectivity index (χ1v) is 15.3. The minimum atomic E-state index is -5.08. The van der Waals surface area contributed by atoms with Gasteiger partial charge < -0.3 is 15.3 Å². The van der Waals surface area contributed by atoms with E-state index in [-0.39, 0.29) is 18.9 Å². The van der Waals surface area contributed by atoms with Gasteiger partial charge in [0.1, 0.15) is 0 Å². The third-order valence-electron chi connectivity index (χ3n) is 7.07. The molecule has 228 valence electrons. The summed E-state index contributed by atoms with van der Waals surface area (Å²) in [5.74, 6) is -2.20. The van der Waals surface area contributed by atoms with Gasteiger partial charge in [-0.15, -0.1) is 0 Å². The molecule has 0 bridgehead atoms. The third kappa shape index (κ3) is 11.0. The van der Waals surface area contributed by atoms with Gasteiger partial charge in [0.15, 0.2) is 0 Å². The van der Waals surface area contributed by atoms with Crippen LogP contribution in [0.5, 0.6) is 0 Å². The van der Waals surface area contributed by atoms with E-state index in [0.717, 1.165) is 44.5 Å². The highest BCUT2D eigenvalue weighted by Crippen LogP contribution is 2.21. The summed E-state index contributed by atoms with van der Waals surface area (Å²) >= 11 is 0. The Morgan fingerprint density at radius 3 is 2.20 bits per heavy atom. The number of alkyl halides is 3. The first-order valence-electron chi connectivity index (χ1n) is 13.8. The molecule has 1 aromatic rings. The van der Waals surface area contributed by atoms with Crippen LogP contribution in [-0.2, 0) is 26.0 Å². The summed E-state index contributed by atoms with van der Waals surface area (Å²) in [6.07, 6.45) is -0.376. The molecule has 0 aromatic heterocycles. The first kappa shape index (κ1) is 34.0. The van der Waals surface area contributed by atoms with Crippen molar-refractivity contribution in [3.63, 3.8) is 0 Å². The second kappa shape index (κ2) is 15.7. The largest absolute Gasteiger partial charge is 0.490 e. The number of halogens is 3. The van der Waals surface area contributed by atoms with Crippen molar-refractivity contribution in [1.82, 2.24) is 19.4 Å². The number of sulfonamides is 1. The Balaban J connectivity index is 0.000000708. The molecule has 0 aliphatic carbocycles. The maximum Gasteiger partial charge on any atom is 0.490 e. The predicted octanol–water partition coefficient (Wildman–Crippen LogP) is 3.21. The van der Waals surface area contributed by atoms with E-state index in [1.54, 1.807) is 12.1 Å². The maximum absolute atomic E-state index is 13.6. The highest BCUT2D eigenvalue weighted by Gasteiger charge is 2.38. The summed E-state index contributed by atoms with van der Waals surface area (Å²) in [7, 11) is -3.67. The lowest BCUT2D eigenvalue weighted by Gasteiger charge is -2.35. The zero-order chi connectivity index (χ0) is 29.9. The number of carbonyl (C=O) groups excluding carboxylic acids is 1. The molecule has 2 fully saturated rings. The number of likely N-dealkylation sites (tertiary alicyclic amines) is 1. The summed E-state index contributed by atoms with van der Waals surface area (Å²) in [6, 6.07) is 7.76. The Morgan fingerprint density at radius 1 is 1.07 bits per heavy atom. The topological polar surface area (TPSA) is 110 Å². The Bertz CT molecular complexity index is 1050. The molecule has 2 aliphatic heterocycles. The number of nitrogens with one attached hydrogen (secondary N) is 1. The number of piperazine rings is 1. The van der Waals surface area contributed by atoms with Gasteiger partial charge in [-0.25, -0.2) is 13.2 Å². The lowest BCUT2D eigenvalue weighted by atomic mass is 10.0. The average Bonchev–Trinajstić information content (AvgIpc) is 2.89. The van der Waals surface area contributed by atoms with Gasteiger partial charge in [-0.1, -0.05) is 32.4 Å². The summed E-state index contributed by atoms with van der Waals surface area (Å²) in [5.41, 5.74) is 1.14. The molecule has 1 atom stereocenters. The second-order valence-electron chi connectivity index (χ2n) is 10.7. The van der Waals surface area contributed by atoms with E-state index in [0.29, 0.717) is 43.0 Å². The van der Waals surface area contributed by atoms with E-state index in [1.807, 2.05) is 17.0 Å². The quantitative estimate of drug-likeness (QED) is 0.430. The van der Waals surface area contributed by atoms with Crippen LogP contribution in [0.2, 0.25) is 0 Å². The number of hydrogen-bond donors (Lipinski definition) is 2. The number of amides is 1. The van der Waals surface area contributed by atoms with Crippen molar-refractivity contribution in [2.24, 2.45) is 5.92 Å². The van der Waals surface area contributed by atoms with Crippen LogP contribution in [-0.4, -0.2) is 104 Å². The van der Waals surface area contributed by atoms with Crippen LogP contribution in [0.1, 0.15) is 52.0 Å². The van der Waals surface area contributed by atoms with Crippen molar-refractivity contribution in [1.29, 1.82) is 0 Å². The Morgan fingerprint density at radius 2 is 1.68 bits per heavy atom. The van der Waals surface area contributed by atoms with Crippen LogP contribution in [0.25, 0.3) is 0 Å². The third-order valence-corrected chi connectivity index (χ3v) is 8.98. The van der Waals surface area contributed by atoms with Crippen LogP contribution >= 0.6 is 0 Å². The van der Waals surface area contributed by atoms with Crippen molar-refractivity contribution >= 4 is 21.9 Å². The average molecular weight is 593 g/mol. The van der Waals surface area contributed by atoms with Crippen LogP contribution in [0.15, 0.2) is 29.2 Å². The van der Waals surface area contributed by atoms with Gasteiger partial charge in [-0.05, 0) is 56.3 Å². The fourth-order valence-electron chi connectivity index (χ4n) is 4.79. The van der Waals surface area contributed by atoms with Crippen molar-refractivity contribution in [2.75, 3.05) is 52.4 Å². The van der Waals surface area contributed by atoms with Crippen LogP contribution in [0.4, 0.5) is 13.2 Å². The number of hydrogen-bond acceptors (Lipinski definition) is 6. The molecule has 1 unspecified atom stereocenters. The molecule has 3 rings (SSSR count). The Hall–Kier alpha value is -2.22. The van der Waals surface area contributed by atoms with E-state index in [9.17, 15) is 26.4 Å². The van der Waals surface area contributed by atoms with Gasteiger partial charge in [0.05, 0.1) is 4.90 Å². The normalized spacial score (nSPS) is 18.9. The molecule has 2 aliphatic rings. The summed E-state index contributed by atoms with van der Waals surface area (Å²) in [5, 5.41) is 10.4. The highest BCUT2D eigenvalue weighted by atomic mass is 32.2. The van der Waals surface area contributed by atoms with E-state index in [1.165, 1.54) is 10.7 Å². The standard InChI is InChI=1S/C25H42N4O3S.C2HF3O2/c1-21(2)20-23-7-9-24(10-8-23)33(31,32)29(19-18-27-14-5-4-6-22(27)3)15-11-25(30)28-16-12-26-13-17-28;3-2(4,5)1(6)7/h7-10,21-22,26H,4-6,11-20H2,1-3H3;(H,6,7). The number of carbonyl (C=O) groups is 2. The van der Waals surface area contributed by atoms with E-state index < -0.39 is 22.2 Å². The smallest absolute Gasteiger partial charge is 0.475 e. The number of nitrogens with zero attached hydrogens (tertiary/aromatic N) is 3. The van der Waals surface area contributed by atoms with E-state index in [4.69, 9.17) is 9.90 Å². The highest BCUT2D eigenvalue weighted by molar-refractivity contribution is 7.89. The van der Waals surface area contributed by atoms with E-state index >= 15 is 0 Å². The van der Waals surface area contributed by atoms with Gasteiger partial charge in [0.25, 0.3) is 0 Å². The molecule has 9 nitrogen and oxygen atoms in total. The molecule has 0 saturated carbocycles. The summed E-state index contributed by atoms with van der Waals surface area (Å²) < 4.78 is 60.4. The molecule has 13 heteroatoms. The fourth-order valence-corrected chi connectivity index (χ4v) is 6.22. The molecule has 1 amide bonds. The van der Waals surface area contributed by atoms with Gasteiger partial charge in [-0.2, -0.15) is 17.5 Å². The minimum Gasteiger partial charge on any atom is -0.475 e. The monoisotopic (exact) mass is 592 g/mol. The van der Waals surface area contributed by atoms with Gasteiger partial charge >= 0.3 is 12.1 Å². The maximum atomic E-state index is 13.6. The lowest BCUT2D eigenvalue weighted by molar-refractivity contribution is -0.192. The van der Waals surface area contributed by atoms with Crippen molar-refractivity contribution in [3.05, 3.63) is 29.8 Å². The van der Waals surface area contributed by atoms with Gasteiger partial charge in [0.2, 0.25) is 15.9 Å².